The lowest BCUT2D eigenvalue weighted by molar-refractivity contribution is 0.617. The predicted molar refractivity (Wildman–Crippen MR) is 88.1 cm³/mol. The lowest BCUT2D eigenvalue weighted by Gasteiger charge is -2.25. The van der Waals surface area contributed by atoms with E-state index < -0.39 is 0 Å². The Kier molecular flexibility index (Phi) is 4.71. The van der Waals surface area contributed by atoms with Gasteiger partial charge in [0.2, 0.25) is 0 Å². The van der Waals surface area contributed by atoms with E-state index in [2.05, 4.69) is 41.3 Å². The van der Waals surface area contributed by atoms with Crippen molar-refractivity contribution in [1.82, 2.24) is 4.37 Å². The van der Waals surface area contributed by atoms with Crippen LogP contribution in [0, 0.1) is 5.92 Å². The third-order valence-corrected chi connectivity index (χ3v) is 4.01. The smallest absolute Gasteiger partial charge is 0.119 e. The third kappa shape index (κ3) is 3.64. The van der Waals surface area contributed by atoms with Gasteiger partial charge >= 0.3 is 0 Å². The van der Waals surface area contributed by atoms with Crippen LogP contribution in [0.15, 0.2) is 24.3 Å². The second kappa shape index (κ2) is 6.30. The number of fused-ring (bicyclic) bond motifs is 1. The quantitative estimate of drug-likeness (QED) is 0.829. The van der Waals surface area contributed by atoms with E-state index >= 15 is 0 Å². The van der Waals surface area contributed by atoms with Gasteiger partial charge in [-0.25, -0.2) is 0 Å². The molecule has 19 heavy (non-hydrogen) atoms. The second-order valence-corrected chi connectivity index (χ2v) is 6.34. The molecule has 0 amide bonds. The van der Waals surface area contributed by atoms with Gasteiger partial charge in [-0.1, -0.05) is 38.2 Å². The maximum absolute atomic E-state index is 5.63. The summed E-state index contributed by atoms with van der Waals surface area (Å²) in [7, 11) is 0. The fraction of sp³-hybridized carbons (Fsp3) is 0.429. The molecule has 2 aromatic rings. The van der Waals surface area contributed by atoms with E-state index in [1.54, 1.807) is 11.5 Å². The molecule has 0 aliphatic heterocycles. The molecule has 2 rings (SSSR count). The Bertz CT molecular complexity index is 563. The van der Waals surface area contributed by atoms with Gasteiger partial charge in [0.1, 0.15) is 5.00 Å². The molecular weight excluding hydrogens is 274 g/mol. The topological polar surface area (TPSA) is 42.1 Å². The molecule has 0 saturated heterocycles. The Labute approximate surface area is 123 Å². The average molecular weight is 293 g/mol. The molecule has 5 heteroatoms. The molecule has 0 aliphatic rings. The molecule has 102 valence electrons. The zero-order valence-corrected chi connectivity index (χ0v) is 12.9. The summed E-state index contributed by atoms with van der Waals surface area (Å²) >= 11 is 6.55. The van der Waals surface area contributed by atoms with Crippen molar-refractivity contribution in [3.63, 3.8) is 0 Å². The van der Waals surface area contributed by atoms with Crippen molar-refractivity contribution in [3.05, 3.63) is 24.3 Å². The van der Waals surface area contributed by atoms with Gasteiger partial charge in [-0.05, 0) is 29.6 Å². The molecule has 0 spiro atoms. The number of nitrogens with zero attached hydrogens (tertiary/aromatic N) is 2. The highest BCUT2D eigenvalue weighted by Crippen LogP contribution is 2.31. The third-order valence-electron chi connectivity index (χ3n) is 2.87. The van der Waals surface area contributed by atoms with Gasteiger partial charge in [-0.2, -0.15) is 4.37 Å². The van der Waals surface area contributed by atoms with Crippen LogP contribution in [-0.4, -0.2) is 22.5 Å². The largest absolute Gasteiger partial charge is 0.393 e. The molecule has 3 nitrogen and oxygen atoms in total. The number of thiocarbonyl (C=S) groups is 1. The van der Waals surface area contributed by atoms with Crippen molar-refractivity contribution in [2.24, 2.45) is 11.7 Å². The number of aromatic nitrogens is 1. The fourth-order valence-corrected chi connectivity index (χ4v) is 3.05. The van der Waals surface area contributed by atoms with Gasteiger partial charge in [0.05, 0.1) is 10.5 Å². The summed E-state index contributed by atoms with van der Waals surface area (Å²) in [5.41, 5.74) is 6.69. The monoisotopic (exact) mass is 293 g/mol. The maximum Gasteiger partial charge on any atom is 0.119 e. The minimum Gasteiger partial charge on any atom is -0.393 e. The molecule has 1 heterocycles. The van der Waals surface area contributed by atoms with Crippen LogP contribution in [0.25, 0.3) is 10.9 Å². The Morgan fingerprint density at radius 2 is 2.16 bits per heavy atom. The number of hydrogen-bond acceptors (Lipinski definition) is 4. The van der Waals surface area contributed by atoms with Crippen LogP contribution in [0.3, 0.4) is 0 Å². The number of nitrogens with two attached hydrogens (primary N) is 1. The van der Waals surface area contributed by atoms with E-state index in [4.69, 9.17) is 18.0 Å². The number of hydrogen-bond donors (Lipinski definition) is 1. The molecule has 1 aromatic heterocycles. The van der Waals surface area contributed by atoms with Crippen LogP contribution in [-0.2, 0) is 0 Å². The van der Waals surface area contributed by atoms with E-state index in [0.717, 1.165) is 25.0 Å². The van der Waals surface area contributed by atoms with Crippen molar-refractivity contribution in [3.8, 4) is 0 Å². The highest BCUT2D eigenvalue weighted by Gasteiger charge is 2.14. The Morgan fingerprint density at radius 1 is 1.42 bits per heavy atom. The summed E-state index contributed by atoms with van der Waals surface area (Å²) < 4.78 is 4.51. The van der Waals surface area contributed by atoms with Gasteiger partial charge in [0.25, 0.3) is 0 Å². The van der Waals surface area contributed by atoms with Gasteiger partial charge < -0.3 is 10.6 Å². The average Bonchev–Trinajstić information content (AvgIpc) is 2.77. The molecule has 2 N–H and O–H groups in total. The standard InChI is InChI=1S/C14H19N3S2/c1-10(2)9-17(8-7-13(15)18)14-11-5-3-4-6-12(11)16-19-14/h3-6,10H,7-9H2,1-2H3,(H2,15,18). The predicted octanol–water partition coefficient (Wildman–Crippen LogP) is 3.43. The first kappa shape index (κ1) is 14.2. The fourth-order valence-electron chi connectivity index (χ4n) is 2.07. The summed E-state index contributed by atoms with van der Waals surface area (Å²) in [4.78, 5) is 2.92. The van der Waals surface area contributed by atoms with Gasteiger partial charge in [-0.15, -0.1) is 0 Å². The Hall–Kier alpha value is -1.20. The summed E-state index contributed by atoms with van der Waals surface area (Å²) in [6, 6.07) is 8.26. The van der Waals surface area contributed by atoms with Crippen LogP contribution in [0.4, 0.5) is 5.00 Å². The van der Waals surface area contributed by atoms with Crippen LogP contribution in [0.2, 0.25) is 0 Å². The summed E-state index contributed by atoms with van der Waals surface area (Å²) in [6.07, 6.45) is 0.744. The lowest BCUT2D eigenvalue weighted by Crippen LogP contribution is -2.30. The van der Waals surface area contributed by atoms with Crippen molar-refractivity contribution >= 4 is 44.6 Å². The highest BCUT2D eigenvalue weighted by atomic mass is 32.1. The molecule has 0 atom stereocenters. The van der Waals surface area contributed by atoms with Crippen molar-refractivity contribution < 1.29 is 0 Å². The van der Waals surface area contributed by atoms with E-state index in [1.165, 1.54) is 10.4 Å². The minimum atomic E-state index is 0.572. The van der Waals surface area contributed by atoms with Crippen LogP contribution < -0.4 is 10.6 Å². The summed E-state index contributed by atoms with van der Waals surface area (Å²) in [6.45, 7) is 6.29. The van der Waals surface area contributed by atoms with Crippen LogP contribution >= 0.6 is 23.8 Å². The van der Waals surface area contributed by atoms with E-state index in [-0.39, 0.29) is 0 Å². The van der Waals surface area contributed by atoms with E-state index in [1.807, 2.05) is 6.07 Å². The number of benzene rings is 1. The van der Waals surface area contributed by atoms with Gasteiger partial charge in [0.15, 0.2) is 0 Å². The highest BCUT2D eigenvalue weighted by molar-refractivity contribution is 7.80. The molecule has 0 saturated carbocycles. The molecular formula is C14H19N3S2. The molecule has 0 unspecified atom stereocenters. The normalized spacial score (nSPS) is 11.1. The zero-order chi connectivity index (χ0) is 13.8. The SMILES string of the molecule is CC(C)CN(CCC(N)=S)c1snc2ccccc12. The molecule has 1 aromatic carbocycles. The Balaban J connectivity index is 2.28. The lowest BCUT2D eigenvalue weighted by atomic mass is 10.2. The molecule has 0 bridgehead atoms. The maximum atomic E-state index is 5.63. The van der Waals surface area contributed by atoms with Gasteiger partial charge in [-0.3, -0.25) is 0 Å². The van der Waals surface area contributed by atoms with Gasteiger partial charge in [0, 0.05) is 24.9 Å². The molecule has 0 radical (unpaired) electrons. The number of anilines is 1. The van der Waals surface area contributed by atoms with Crippen LogP contribution in [0.5, 0.6) is 0 Å². The van der Waals surface area contributed by atoms with E-state index in [9.17, 15) is 0 Å². The molecule has 0 aliphatic carbocycles. The first-order chi connectivity index (χ1) is 9.08. The van der Waals surface area contributed by atoms with E-state index in [0.29, 0.717) is 10.9 Å². The zero-order valence-electron chi connectivity index (χ0n) is 11.3. The Morgan fingerprint density at radius 3 is 2.84 bits per heavy atom. The first-order valence-electron chi connectivity index (χ1n) is 6.45. The van der Waals surface area contributed by atoms with Crippen LogP contribution in [0.1, 0.15) is 20.3 Å². The first-order valence-corrected chi connectivity index (χ1v) is 7.63. The number of rotatable bonds is 6. The van der Waals surface area contributed by atoms with Crippen molar-refractivity contribution in [2.45, 2.75) is 20.3 Å². The minimum absolute atomic E-state index is 0.572. The molecule has 0 fully saturated rings. The van der Waals surface area contributed by atoms with Crippen molar-refractivity contribution in [2.75, 3.05) is 18.0 Å². The summed E-state index contributed by atoms with van der Waals surface area (Å²) in [5.74, 6) is 0.590. The summed E-state index contributed by atoms with van der Waals surface area (Å²) in [5, 5.41) is 2.44. The second-order valence-electron chi connectivity index (χ2n) is 5.06. The van der Waals surface area contributed by atoms with Crippen molar-refractivity contribution in [1.29, 1.82) is 0 Å².